The van der Waals surface area contributed by atoms with E-state index in [0.717, 1.165) is 18.4 Å². The lowest BCUT2D eigenvalue weighted by molar-refractivity contribution is -0.326. The van der Waals surface area contributed by atoms with Gasteiger partial charge in [0.15, 0.2) is 6.29 Å². The van der Waals surface area contributed by atoms with Crippen LogP contribution < -0.4 is 4.72 Å². The predicted molar refractivity (Wildman–Crippen MR) is 175 cm³/mol. The third-order valence-corrected chi connectivity index (χ3v) is 10.0. The molecule has 3 aromatic carbocycles. The Hall–Kier alpha value is -2.41. The largest absolute Gasteiger partial charge is 0.375 e. The van der Waals surface area contributed by atoms with Gasteiger partial charge in [-0.25, -0.2) is 21.9 Å². The molecular formula is C30H27Cl3F2N4O7S2. The summed E-state index contributed by atoms with van der Waals surface area (Å²) in [6.45, 7) is -0.559. The maximum Gasteiger partial charge on any atom is 0.210 e. The smallest absolute Gasteiger partial charge is 0.210 e. The molecule has 6 rings (SSSR count). The van der Waals surface area contributed by atoms with Crippen LogP contribution in [0.2, 0.25) is 15.1 Å². The Morgan fingerprint density at radius 2 is 1.81 bits per heavy atom. The third kappa shape index (κ3) is 6.96. The van der Waals surface area contributed by atoms with E-state index in [4.69, 9.17) is 66.4 Å². The molecule has 2 aliphatic heterocycles. The Labute approximate surface area is 294 Å². The molecule has 0 amide bonds. The first kappa shape index (κ1) is 35.4. The number of nitrogens with zero attached hydrogens (tertiary/aromatic N) is 3. The van der Waals surface area contributed by atoms with Crippen LogP contribution in [0.4, 0.5) is 8.78 Å². The average molecular weight is 764 g/mol. The van der Waals surface area contributed by atoms with Crippen molar-refractivity contribution in [3.8, 4) is 11.3 Å². The summed E-state index contributed by atoms with van der Waals surface area (Å²) in [7, 11) is -3.83. The highest BCUT2D eigenvalue weighted by atomic mass is 35.5. The molecule has 18 heteroatoms. The van der Waals surface area contributed by atoms with Crippen LogP contribution in [-0.2, 0) is 34.5 Å². The summed E-state index contributed by atoms with van der Waals surface area (Å²) in [5.74, 6) is -2.01. The van der Waals surface area contributed by atoms with Gasteiger partial charge in [-0.2, -0.15) is 4.72 Å². The molecule has 2 aliphatic rings. The van der Waals surface area contributed by atoms with Gasteiger partial charge in [0, 0.05) is 11.1 Å². The summed E-state index contributed by atoms with van der Waals surface area (Å²) < 4.78 is 81.4. The number of ether oxygens (including phenoxy) is 4. The lowest BCUT2D eigenvalue weighted by atomic mass is 9.75. The summed E-state index contributed by atoms with van der Waals surface area (Å²) >= 11 is 23.4. The fraction of sp³-hybridized carbons (Fsp3) is 0.333. The van der Waals surface area contributed by atoms with Gasteiger partial charge in [0.05, 0.1) is 35.7 Å². The van der Waals surface area contributed by atoms with Crippen molar-refractivity contribution in [2.75, 3.05) is 19.5 Å². The molecule has 2 N–H and O–H groups in total. The summed E-state index contributed by atoms with van der Waals surface area (Å²) in [5, 5.41) is 18.9. The van der Waals surface area contributed by atoms with Crippen molar-refractivity contribution < 1.29 is 41.3 Å². The second-order valence-corrected chi connectivity index (χ2v) is 14.6. The van der Waals surface area contributed by atoms with Gasteiger partial charge in [0.2, 0.25) is 10.0 Å². The van der Waals surface area contributed by atoms with E-state index in [1.807, 2.05) is 30.3 Å². The summed E-state index contributed by atoms with van der Waals surface area (Å²) in [4.78, 5) is 0. The van der Waals surface area contributed by atoms with Gasteiger partial charge < -0.3 is 24.1 Å². The number of fused-ring (bicyclic) bond motifs is 1. The number of thiol groups is 1. The zero-order chi connectivity index (χ0) is 34.4. The number of aromatic nitrogens is 3. The summed E-state index contributed by atoms with van der Waals surface area (Å²) in [5.41, 5.74) is -1.57. The van der Waals surface area contributed by atoms with E-state index in [0.29, 0.717) is 11.1 Å². The van der Waals surface area contributed by atoms with Crippen molar-refractivity contribution in [1.82, 2.24) is 19.7 Å². The molecule has 48 heavy (non-hydrogen) atoms. The molecule has 3 unspecified atom stereocenters. The Balaban J connectivity index is 1.56. The highest BCUT2D eigenvalue weighted by molar-refractivity contribution is 7.88. The Morgan fingerprint density at radius 3 is 2.48 bits per heavy atom. The third-order valence-electron chi connectivity index (χ3n) is 7.85. The number of nitrogens with one attached hydrogen (secondary N) is 1. The first-order chi connectivity index (χ1) is 22.8. The minimum Gasteiger partial charge on any atom is -0.375 e. The van der Waals surface area contributed by atoms with Crippen LogP contribution in [0.5, 0.6) is 0 Å². The van der Waals surface area contributed by atoms with Crippen molar-refractivity contribution >= 4 is 57.5 Å². The predicted octanol–water partition coefficient (Wildman–Crippen LogP) is 4.95. The molecule has 7 atom stereocenters. The van der Waals surface area contributed by atoms with E-state index in [-0.39, 0.29) is 27.9 Å². The van der Waals surface area contributed by atoms with Crippen molar-refractivity contribution in [2.45, 2.75) is 41.8 Å². The van der Waals surface area contributed by atoms with Crippen LogP contribution >= 0.6 is 47.4 Å². The maximum absolute atomic E-state index is 14.5. The fourth-order valence-corrected chi connectivity index (χ4v) is 7.31. The van der Waals surface area contributed by atoms with Crippen LogP contribution in [0, 0.1) is 11.6 Å². The Morgan fingerprint density at radius 1 is 1.10 bits per heavy atom. The number of benzene rings is 3. The normalized spacial score (nSPS) is 26.6. The van der Waals surface area contributed by atoms with Crippen molar-refractivity contribution in [1.29, 1.82) is 0 Å². The second kappa shape index (κ2) is 14.1. The molecule has 1 aromatic heterocycles. The lowest BCUT2D eigenvalue weighted by Crippen LogP contribution is -2.70. The lowest BCUT2D eigenvalue weighted by Gasteiger charge is -2.55. The number of hydrogen-bond donors (Lipinski definition) is 3. The van der Waals surface area contributed by atoms with Crippen molar-refractivity contribution in [3.63, 3.8) is 0 Å². The second-order valence-electron chi connectivity index (χ2n) is 11.1. The first-order valence-electron chi connectivity index (χ1n) is 14.2. The number of aliphatic hydroxyl groups excluding tert-OH is 1. The topological polar surface area (TPSA) is 134 Å². The molecule has 0 radical (unpaired) electrons. The molecule has 0 bridgehead atoms. The molecule has 2 fully saturated rings. The van der Waals surface area contributed by atoms with Crippen LogP contribution in [-0.4, -0.2) is 78.0 Å². The van der Waals surface area contributed by atoms with E-state index < -0.39 is 75.1 Å². The molecular weight excluding hydrogens is 737 g/mol. The Kier molecular flexibility index (Phi) is 10.4. The SMILES string of the molecule is CS(=O)(=O)NC(O)CO[C@H]1[C@@H](S)O[C@@H]2COC(c3ccccc3)O[C@@H]2C1(c1ccc(Cl)c(Cl)c1)n1cc(-c2cc(F)c(Cl)c(F)c2)nn1. The highest BCUT2D eigenvalue weighted by Crippen LogP contribution is 2.50. The number of halogens is 5. The van der Waals surface area contributed by atoms with E-state index in [1.165, 1.54) is 10.9 Å². The molecule has 11 nitrogen and oxygen atoms in total. The van der Waals surface area contributed by atoms with Crippen LogP contribution in [0.25, 0.3) is 11.3 Å². The molecule has 256 valence electrons. The molecule has 0 spiro atoms. The number of hydrogen-bond acceptors (Lipinski definition) is 10. The van der Waals surface area contributed by atoms with Crippen molar-refractivity contribution in [2.24, 2.45) is 0 Å². The van der Waals surface area contributed by atoms with E-state index in [2.05, 4.69) is 15.0 Å². The zero-order valence-electron chi connectivity index (χ0n) is 24.7. The van der Waals surface area contributed by atoms with Gasteiger partial charge in [-0.1, -0.05) is 76.4 Å². The Bertz CT molecular complexity index is 1890. The quantitative estimate of drug-likeness (QED) is 0.123. The number of sulfonamides is 1. The molecule has 0 saturated carbocycles. The minimum atomic E-state index is -3.83. The van der Waals surface area contributed by atoms with Crippen LogP contribution in [0.15, 0.2) is 66.9 Å². The highest BCUT2D eigenvalue weighted by Gasteiger charge is 2.62. The summed E-state index contributed by atoms with van der Waals surface area (Å²) in [6, 6.07) is 15.9. The van der Waals surface area contributed by atoms with Crippen LogP contribution in [0.3, 0.4) is 0 Å². The number of rotatable bonds is 9. The molecule has 3 heterocycles. The van der Waals surface area contributed by atoms with E-state index in [1.54, 1.807) is 18.2 Å². The monoisotopic (exact) mass is 762 g/mol. The van der Waals surface area contributed by atoms with Crippen molar-refractivity contribution in [3.05, 3.63) is 105 Å². The van der Waals surface area contributed by atoms with Gasteiger partial charge in [-0.3, -0.25) is 0 Å². The summed E-state index contributed by atoms with van der Waals surface area (Å²) in [6.07, 6.45) is -3.37. The van der Waals surface area contributed by atoms with Gasteiger partial charge in [-0.05, 0) is 29.8 Å². The van der Waals surface area contributed by atoms with Gasteiger partial charge in [0.25, 0.3) is 0 Å². The van der Waals surface area contributed by atoms with Gasteiger partial charge >= 0.3 is 0 Å². The zero-order valence-corrected chi connectivity index (χ0v) is 28.7. The first-order valence-corrected chi connectivity index (χ1v) is 17.8. The molecule has 0 aliphatic carbocycles. The maximum atomic E-state index is 14.5. The standard InChI is InChI=1S/C30H27Cl3F2N4O7S2/c1-48(41,42)37-24(40)14-43-27-29(47)45-23-13-44-28(15-5-3-2-4-6-15)46-26(23)30(27,17-7-8-18(31)19(32)11-17)39-12-22(36-38-39)16-9-20(34)25(33)21(35)10-16/h2-12,23-24,26-29,37,40,47H,13-14H2,1H3/t23-,24?,26+,27+,28?,29-,30?/m1/s1. The average Bonchev–Trinajstić information content (AvgIpc) is 3.54. The molecule has 2 saturated heterocycles. The van der Waals surface area contributed by atoms with E-state index >= 15 is 0 Å². The minimum absolute atomic E-state index is 0.0184. The van der Waals surface area contributed by atoms with E-state index in [9.17, 15) is 22.3 Å². The number of aliphatic hydroxyl groups is 1. The van der Waals surface area contributed by atoms with Crippen LogP contribution in [0.1, 0.15) is 17.4 Å². The van der Waals surface area contributed by atoms with Gasteiger partial charge in [-0.15, -0.1) is 17.7 Å². The molecule has 4 aromatic rings. The fourth-order valence-electron chi connectivity index (χ4n) is 5.87. The van der Waals surface area contributed by atoms with Gasteiger partial charge in [0.1, 0.15) is 57.9 Å².